The maximum absolute atomic E-state index is 12.3. The van der Waals surface area contributed by atoms with Crippen LogP contribution in [0.5, 0.6) is 0 Å². The van der Waals surface area contributed by atoms with Gasteiger partial charge < -0.3 is 15.0 Å². The number of nitrogens with zero attached hydrogens (tertiary/aromatic N) is 4. The first-order valence-corrected chi connectivity index (χ1v) is 9.96. The molecular weight excluding hydrogens is 350 g/mol. The van der Waals surface area contributed by atoms with Crippen molar-refractivity contribution in [1.29, 1.82) is 0 Å². The molecule has 1 N–H and O–H groups in total. The number of carbonyl (C=O) groups is 1. The van der Waals surface area contributed by atoms with Crippen LogP contribution in [0.25, 0.3) is 0 Å². The van der Waals surface area contributed by atoms with Crippen LogP contribution in [0.3, 0.4) is 0 Å². The van der Waals surface area contributed by atoms with Gasteiger partial charge in [-0.05, 0) is 31.9 Å². The summed E-state index contributed by atoms with van der Waals surface area (Å²) < 4.78 is 7.63. The second-order valence-electron chi connectivity index (χ2n) is 6.69. The quantitative estimate of drug-likeness (QED) is 0.785. The van der Waals surface area contributed by atoms with E-state index in [4.69, 9.17) is 4.74 Å². The van der Waals surface area contributed by atoms with Crippen LogP contribution < -0.4 is 10.2 Å². The molecule has 1 amide bonds. The molecule has 0 unspecified atom stereocenters. The van der Waals surface area contributed by atoms with Gasteiger partial charge in [0.05, 0.1) is 19.0 Å². The average Bonchev–Trinajstić information content (AvgIpc) is 3.41. The summed E-state index contributed by atoms with van der Waals surface area (Å²) >= 11 is 1.45. The van der Waals surface area contributed by atoms with Crippen LogP contribution in [0.2, 0.25) is 0 Å². The van der Waals surface area contributed by atoms with Gasteiger partial charge in [-0.3, -0.25) is 9.36 Å². The molecule has 138 valence electrons. The fraction of sp³-hybridized carbons (Fsp3) is 0.500. The molecule has 0 atom stereocenters. The molecule has 1 aliphatic heterocycles. The van der Waals surface area contributed by atoms with Gasteiger partial charge in [-0.15, -0.1) is 10.2 Å². The van der Waals surface area contributed by atoms with Crippen molar-refractivity contribution >= 4 is 29.3 Å². The summed E-state index contributed by atoms with van der Waals surface area (Å²) in [5.41, 5.74) is 1.99. The summed E-state index contributed by atoms with van der Waals surface area (Å²) in [6.45, 7) is 5.14. The molecule has 2 fully saturated rings. The number of benzene rings is 1. The molecule has 1 saturated carbocycles. The summed E-state index contributed by atoms with van der Waals surface area (Å²) in [6, 6.07) is 8.27. The van der Waals surface area contributed by atoms with E-state index in [1.165, 1.54) is 17.3 Å². The lowest BCUT2D eigenvalue weighted by molar-refractivity contribution is -0.113. The Balaban J connectivity index is 1.40. The van der Waals surface area contributed by atoms with Gasteiger partial charge in [-0.25, -0.2) is 0 Å². The zero-order chi connectivity index (χ0) is 17.9. The summed E-state index contributed by atoms with van der Waals surface area (Å²) in [5.74, 6) is 1.20. The van der Waals surface area contributed by atoms with E-state index in [-0.39, 0.29) is 5.91 Å². The van der Waals surface area contributed by atoms with Gasteiger partial charge in [0, 0.05) is 24.8 Å². The minimum Gasteiger partial charge on any atom is -0.378 e. The number of anilines is 2. The smallest absolute Gasteiger partial charge is 0.234 e. The van der Waals surface area contributed by atoms with Crippen LogP contribution >= 0.6 is 11.8 Å². The van der Waals surface area contributed by atoms with Crippen molar-refractivity contribution in [2.45, 2.75) is 31.0 Å². The van der Waals surface area contributed by atoms with Gasteiger partial charge in [0.15, 0.2) is 5.16 Å². The van der Waals surface area contributed by atoms with E-state index >= 15 is 0 Å². The van der Waals surface area contributed by atoms with Crippen molar-refractivity contribution in [2.75, 3.05) is 42.3 Å². The lowest BCUT2D eigenvalue weighted by Gasteiger charge is -2.27. The molecular formula is C18H23N5O2S. The molecule has 1 saturated heterocycles. The number of nitrogens with one attached hydrogen (secondary N) is 1. The normalized spacial score (nSPS) is 17.3. The van der Waals surface area contributed by atoms with Crippen LogP contribution in [-0.4, -0.2) is 52.7 Å². The summed E-state index contributed by atoms with van der Waals surface area (Å²) in [5, 5.41) is 12.5. The average molecular weight is 373 g/mol. The SMILES string of the molecule is Cc1ccc(NC(=O)CSc2nnc(N3CCOCC3)n2C2CC2)cc1. The first-order valence-electron chi connectivity index (χ1n) is 8.97. The van der Waals surface area contributed by atoms with E-state index in [0.717, 1.165) is 55.9 Å². The Labute approximate surface area is 157 Å². The molecule has 4 rings (SSSR count). The first-order chi connectivity index (χ1) is 12.7. The molecule has 0 bridgehead atoms. The molecule has 2 aliphatic rings. The van der Waals surface area contributed by atoms with Gasteiger partial charge in [-0.1, -0.05) is 29.5 Å². The van der Waals surface area contributed by atoms with Crippen molar-refractivity contribution < 1.29 is 9.53 Å². The number of hydrogen-bond donors (Lipinski definition) is 1. The number of amides is 1. The molecule has 1 aromatic carbocycles. The topological polar surface area (TPSA) is 72.3 Å². The predicted molar refractivity (Wildman–Crippen MR) is 102 cm³/mol. The van der Waals surface area contributed by atoms with Crippen LogP contribution in [0, 0.1) is 6.92 Å². The number of aryl methyl sites for hydroxylation is 1. The van der Waals surface area contributed by atoms with E-state index < -0.39 is 0 Å². The van der Waals surface area contributed by atoms with Gasteiger partial charge in [0.2, 0.25) is 11.9 Å². The molecule has 8 heteroatoms. The highest BCUT2D eigenvalue weighted by molar-refractivity contribution is 7.99. The van der Waals surface area contributed by atoms with Crippen molar-refractivity contribution in [3.63, 3.8) is 0 Å². The Morgan fingerprint density at radius 2 is 1.96 bits per heavy atom. The first kappa shape index (κ1) is 17.4. The maximum atomic E-state index is 12.3. The van der Waals surface area contributed by atoms with Gasteiger partial charge in [0.1, 0.15) is 0 Å². The molecule has 7 nitrogen and oxygen atoms in total. The molecule has 2 aromatic rings. The van der Waals surface area contributed by atoms with Crippen molar-refractivity contribution in [2.24, 2.45) is 0 Å². The van der Waals surface area contributed by atoms with Crippen LogP contribution in [0.15, 0.2) is 29.4 Å². The Morgan fingerprint density at radius 3 is 2.65 bits per heavy atom. The van der Waals surface area contributed by atoms with Crippen molar-refractivity contribution in [1.82, 2.24) is 14.8 Å². The number of ether oxygens (including phenoxy) is 1. The number of hydrogen-bond acceptors (Lipinski definition) is 6. The molecule has 1 aliphatic carbocycles. The summed E-state index contributed by atoms with van der Waals surface area (Å²) in [4.78, 5) is 14.5. The fourth-order valence-electron chi connectivity index (χ4n) is 2.96. The van der Waals surface area contributed by atoms with Crippen molar-refractivity contribution in [3.8, 4) is 0 Å². The minimum absolute atomic E-state index is 0.0304. The summed E-state index contributed by atoms with van der Waals surface area (Å²) in [6.07, 6.45) is 2.30. The van der Waals surface area contributed by atoms with Crippen LogP contribution in [0.4, 0.5) is 11.6 Å². The highest BCUT2D eigenvalue weighted by Gasteiger charge is 2.32. The maximum Gasteiger partial charge on any atom is 0.234 e. The highest BCUT2D eigenvalue weighted by Crippen LogP contribution is 2.41. The predicted octanol–water partition coefficient (Wildman–Crippen LogP) is 2.49. The fourth-order valence-corrected chi connectivity index (χ4v) is 3.76. The number of carbonyl (C=O) groups excluding carboxylic acids is 1. The standard InChI is InChI=1S/C18H23N5O2S/c1-13-2-4-14(5-3-13)19-16(24)12-26-18-21-20-17(23(18)15-6-7-15)22-8-10-25-11-9-22/h2-5,15H,6-12H2,1H3,(H,19,24). The molecule has 1 aromatic heterocycles. The Morgan fingerprint density at radius 1 is 1.23 bits per heavy atom. The zero-order valence-corrected chi connectivity index (χ0v) is 15.7. The van der Waals surface area contributed by atoms with E-state index in [1.54, 1.807) is 0 Å². The number of aromatic nitrogens is 3. The molecule has 2 heterocycles. The Kier molecular flexibility index (Phi) is 5.12. The van der Waals surface area contributed by atoms with E-state index in [2.05, 4.69) is 25.0 Å². The third-order valence-electron chi connectivity index (χ3n) is 4.52. The number of morpholine rings is 1. The summed E-state index contributed by atoms with van der Waals surface area (Å²) in [7, 11) is 0. The van der Waals surface area contributed by atoms with Crippen LogP contribution in [0.1, 0.15) is 24.4 Å². The lowest BCUT2D eigenvalue weighted by Crippen LogP contribution is -2.38. The van der Waals surface area contributed by atoms with E-state index in [0.29, 0.717) is 11.8 Å². The monoisotopic (exact) mass is 373 g/mol. The van der Waals surface area contributed by atoms with Gasteiger partial charge >= 0.3 is 0 Å². The Bertz CT molecular complexity index is 766. The van der Waals surface area contributed by atoms with E-state index in [9.17, 15) is 4.79 Å². The van der Waals surface area contributed by atoms with Crippen molar-refractivity contribution in [3.05, 3.63) is 29.8 Å². The minimum atomic E-state index is -0.0304. The Hall–Kier alpha value is -2.06. The third kappa shape index (κ3) is 4.02. The zero-order valence-electron chi connectivity index (χ0n) is 14.9. The highest BCUT2D eigenvalue weighted by atomic mass is 32.2. The second kappa shape index (κ2) is 7.67. The van der Waals surface area contributed by atoms with Gasteiger partial charge in [-0.2, -0.15) is 0 Å². The molecule has 0 spiro atoms. The van der Waals surface area contributed by atoms with Gasteiger partial charge in [0.25, 0.3) is 0 Å². The third-order valence-corrected chi connectivity index (χ3v) is 5.46. The lowest BCUT2D eigenvalue weighted by atomic mass is 10.2. The number of rotatable bonds is 6. The van der Waals surface area contributed by atoms with E-state index in [1.807, 2.05) is 31.2 Å². The number of thioether (sulfide) groups is 1. The largest absolute Gasteiger partial charge is 0.378 e. The molecule has 26 heavy (non-hydrogen) atoms. The van der Waals surface area contributed by atoms with Crippen LogP contribution in [-0.2, 0) is 9.53 Å². The second-order valence-corrected chi connectivity index (χ2v) is 7.63. The molecule has 0 radical (unpaired) electrons.